The van der Waals surface area contributed by atoms with Crippen LogP contribution < -0.4 is 5.73 Å². The molecule has 110 valence electrons. The molecule has 4 nitrogen and oxygen atoms in total. The van der Waals surface area contributed by atoms with Crippen LogP contribution in [0.25, 0.3) is 0 Å². The topological polar surface area (TPSA) is 68.9 Å². The Morgan fingerprint density at radius 3 is 2.57 bits per heavy atom. The average Bonchev–Trinajstić information content (AvgIpc) is 2.90. The molecule has 1 atom stereocenters. The van der Waals surface area contributed by atoms with Crippen LogP contribution >= 0.6 is 46.3 Å². The van der Waals surface area contributed by atoms with Crippen molar-refractivity contribution in [3.8, 4) is 0 Å². The number of Topliss-reactive ketones (excluding diaryl/α,β-unsaturated/α-hetero) is 1. The first-order valence-corrected chi connectivity index (χ1v) is 8.74. The van der Waals surface area contributed by atoms with E-state index in [1.807, 2.05) is 24.3 Å². The molecule has 0 spiro atoms. The Bertz CT molecular complexity index is 672. The molecule has 2 aromatic rings. The van der Waals surface area contributed by atoms with Crippen molar-refractivity contribution < 1.29 is 4.79 Å². The van der Waals surface area contributed by atoms with E-state index in [0.29, 0.717) is 20.8 Å². The third kappa shape index (κ3) is 3.51. The molecule has 1 saturated carbocycles. The molecule has 21 heavy (non-hydrogen) atoms. The van der Waals surface area contributed by atoms with Crippen molar-refractivity contribution in [3.05, 3.63) is 35.4 Å². The van der Waals surface area contributed by atoms with E-state index in [1.165, 1.54) is 23.1 Å². The van der Waals surface area contributed by atoms with E-state index in [0.717, 1.165) is 12.0 Å². The summed E-state index contributed by atoms with van der Waals surface area (Å²) in [6.07, 6.45) is 0.762. The maximum Gasteiger partial charge on any atom is 0.203 e. The number of nitrogens with two attached hydrogens (primary N) is 1. The van der Waals surface area contributed by atoms with Crippen molar-refractivity contribution in [2.45, 2.75) is 21.0 Å². The van der Waals surface area contributed by atoms with Crippen molar-refractivity contribution in [2.24, 2.45) is 0 Å². The van der Waals surface area contributed by atoms with E-state index < -0.39 is 4.33 Å². The van der Waals surface area contributed by atoms with E-state index in [1.54, 1.807) is 0 Å². The number of nitrogen functional groups attached to an aromatic ring is 1. The average molecular weight is 360 g/mol. The number of aromatic nitrogens is 2. The van der Waals surface area contributed by atoms with Gasteiger partial charge in [-0.25, -0.2) is 0 Å². The molecule has 1 heterocycles. The van der Waals surface area contributed by atoms with Crippen LogP contribution in [0.1, 0.15) is 28.3 Å². The van der Waals surface area contributed by atoms with Crippen molar-refractivity contribution in [1.82, 2.24) is 10.2 Å². The van der Waals surface area contributed by atoms with Gasteiger partial charge in [0.2, 0.25) is 5.13 Å². The number of nitrogens with zero attached hydrogens (tertiary/aromatic N) is 2. The summed E-state index contributed by atoms with van der Waals surface area (Å²) >= 11 is 14.7. The summed E-state index contributed by atoms with van der Waals surface area (Å²) < 4.78 is 0.0589. The van der Waals surface area contributed by atoms with E-state index in [-0.39, 0.29) is 11.7 Å². The van der Waals surface area contributed by atoms with Crippen molar-refractivity contribution >= 4 is 57.2 Å². The van der Waals surface area contributed by atoms with Crippen LogP contribution in [0.5, 0.6) is 0 Å². The minimum atomic E-state index is -0.640. The lowest BCUT2D eigenvalue weighted by Crippen LogP contribution is -2.02. The molecule has 0 radical (unpaired) electrons. The summed E-state index contributed by atoms with van der Waals surface area (Å²) in [5, 5.41) is 7.98. The van der Waals surface area contributed by atoms with Gasteiger partial charge in [-0.2, -0.15) is 0 Å². The molecule has 8 heteroatoms. The zero-order valence-electron chi connectivity index (χ0n) is 10.8. The second kappa shape index (κ2) is 5.76. The van der Waals surface area contributed by atoms with Gasteiger partial charge in [0.05, 0.1) is 5.75 Å². The molecule has 0 unspecified atom stereocenters. The highest BCUT2D eigenvalue weighted by Crippen LogP contribution is 2.59. The number of halogens is 2. The van der Waals surface area contributed by atoms with Gasteiger partial charge in [-0.05, 0) is 12.0 Å². The van der Waals surface area contributed by atoms with E-state index in [4.69, 9.17) is 28.9 Å². The summed E-state index contributed by atoms with van der Waals surface area (Å²) in [4.78, 5) is 12.1. The van der Waals surface area contributed by atoms with E-state index in [9.17, 15) is 4.79 Å². The molecule has 0 amide bonds. The number of carbonyl (C=O) groups excluding carboxylic acids is 1. The molecule has 1 aliphatic carbocycles. The summed E-state index contributed by atoms with van der Waals surface area (Å²) in [5.74, 6) is 0.523. The number of carbonyl (C=O) groups is 1. The standard InChI is InChI=1S/C13H11Cl2N3OS2/c14-13(15)5-9(13)7-1-3-8(4-2-7)10(19)6-20-12-18-17-11(16)21-12/h1-4,9H,5-6H2,(H2,16,17)/t9-/m1/s1. The van der Waals surface area contributed by atoms with Gasteiger partial charge in [0.25, 0.3) is 0 Å². The molecule has 1 aromatic carbocycles. The van der Waals surface area contributed by atoms with E-state index >= 15 is 0 Å². The number of hydrogen-bond donors (Lipinski definition) is 1. The lowest BCUT2D eigenvalue weighted by molar-refractivity contribution is 0.102. The van der Waals surface area contributed by atoms with Crippen molar-refractivity contribution in [2.75, 3.05) is 11.5 Å². The van der Waals surface area contributed by atoms with Crippen LogP contribution in [0.15, 0.2) is 28.6 Å². The van der Waals surface area contributed by atoms with Gasteiger partial charge in [-0.1, -0.05) is 47.4 Å². The number of hydrogen-bond acceptors (Lipinski definition) is 6. The summed E-state index contributed by atoms with van der Waals surface area (Å²) in [6, 6.07) is 7.46. The number of benzene rings is 1. The summed E-state index contributed by atoms with van der Waals surface area (Å²) in [5.41, 5.74) is 7.23. The molecular formula is C13H11Cl2N3OS2. The normalized spacial score (nSPS) is 19.4. The monoisotopic (exact) mass is 359 g/mol. The predicted octanol–water partition coefficient (Wildman–Crippen LogP) is 3.76. The molecule has 3 rings (SSSR count). The first kappa shape index (κ1) is 15.1. The fraction of sp³-hybridized carbons (Fsp3) is 0.308. The van der Waals surface area contributed by atoms with Crippen molar-refractivity contribution in [3.63, 3.8) is 0 Å². The van der Waals surface area contributed by atoms with Crippen LogP contribution in [0.4, 0.5) is 5.13 Å². The highest BCUT2D eigenvalue weighted by atomic mass is 35.5. The lowest BCUT2D eigenvalue weighted by atomic mass is 10.1. The van der Waals surface area contributed by atoms with Crippen LogP contribution in [0, 0.1) is 0 Å². The Hall–Kier alpha value is -0.820. The van der Waals surface area contributed by atoms with Gasteiger partial charge >= 0.3 is 0 Å². The van der Waals surface area contributed by atoms with Crippen LogP contribution in [0.3, 0.4) is 0 Å². The zero-order chi connectivity index (χ0) is 15.0. The Labute approximate surface area is 140 Å². The Kier molecular flexibility index (Phi) is 4.14. The fourth-order valence-electron chi connectivity index (χ4n) is 1.97. The molecule has 2 N–H and O–H groups in total. The number of rotatable bonds is 5. The second-order valence-electron chi connectivity index (χ2n) is 4.76. The third-order valence-electron chi connectivity index (χ3n) is 3.21. The van der Waals surface area contributed by atoms with Gasteiger partial charge in [-0.15, -0.1) is 33.4 Å². The minimum absolute atomic E-state index is 0.0409. The van der Waals surface area contributed by atoms with Gasteiger partial charge < -0.3 is 5.73 Å². The third-order valence-corrected chi connectivity index (χ3v) is 5.93. The highest BCUT2D eigenvalue weighted by molar-refractivity contribution is 8.01. The number of ketones is 1. The first-order valence-electron chi connectivity index (χ1n) is 6.18. The van der Waals surface area contributed by atoms with Crippen LogP contribution in [0.2, 0.25) is 0 Å². The molecular weight excluding hydrogens is 349 g/mol. The lowest BCUT2D eigenvalue weighted by Gasteiger charge is -2.03. The minimum Gasteiger partial charge on any atom is -0.374 e. The largest absolute Gasteiger partial charge is 0.374 e. The Balaban J connectivity index is 1.60. The SMILES string of the molecule is Nc1nnc(SCC(=O)c2ccc([C@H]3CC3(Cl)Cl)cc2)s1. The van der Waals surface area contributed by atoms with E-state index in [2.05, 4.69) is 10.2 Å². The first-order chi connectivity index (χ1) is 9.95. The Morgan fingerprint density at radius 2 is 2.05 bits per heavy atom. The van der Waals surface area contributed by atoms with Crippen molar-refractivity contribution in [1.29, 1.82) is 0 Å². The zero-order valence-corrected chi connectivity index (χ0v) is 13.9. The molecule has 0 saturated heterocycles. The molecule has 1 aromatic heterocycles. The van der Waals surface area contributed by atoms with Crippen LogP contribution in [-0.2, 0) is 0 Å². The quantitative estimate of drug-likeness (QED) is 0.500. The Morgan fingerprint density at radius 1 is 1.38 bits per heavy atom. The van der Waals surface area contributed by atoms with Gasteiger partial charge in [0.15, 0.2) is 10.1 Å². The number of alkyl halides is 2. The predicted molar refractivity (Wildman–Crippen MR) is 87.6 cm³/mol. The smallest absolute Gasteiger partial charge is 0.203 e. The van der Waals surface area contributed by atoms with Gasteiger partial charge in [0.1, 0.15) is 4.33 Å². The molecule has 0 bridgehead atoms. The highest BCUT2D eigenvalue weighted by Gasteiger charge is 2.52. The second-order valence-corrected chi connectivity index (χ2v) is 8.53. The molecule has 1 aliphatic rings. The maximum atomic E-state index is 12.1. The molecule has 1 fully saturated rings. The van der Waals surface area contributed by atoms with Gasteiger partial charge in [0, 0.05) is 11.5 Å². The molecule has 0 aliphatic heterocycles. The summed E-state index contributed by atoms with van der Waals surface area (Å²) in [6.45, 7) is 0. The summed E-state index contributed by atoms with van der Waals surface area (Å²) in [7, 11) is 0. The van der Waals surface area contributed by atoms with Crippen LogP contribution in [-0.4, -0.2) is 26.1 Å². The fourth-order valence-corrected chi connectivity index (χ4v) is 4.06. The maximum absolute atomic E-state index is 12.1. The number of thioether (sulfide) groups is 1. The van der Waals surface area contributed by atoms with Gasteiger partial charge in [-0.3, -0.25) is 4.79 Å². The number of anilines is 1.